The third-order valence-electron chi connectivity index (χ3n) is 2.12. The molecule has 0 aliphatic rings. The second kappa shape index (κ2) is 4.32. The van der Waals surface area contributed by atoms with E-state index in [-0.39, 0.29) is 0 Å². The summed E-state index contributed by atoms with van der Waals surface area (Å²) in [6, 6.07) is 11.3. The summed E-state index contributed by atoms with van der Waals surface area (Å²) in [7, 11) is 1.62. The number of halogens is 1. The Morgan fingerprint density at radius 1 is 1.20 bits per heavy atom. The fourth-order valence-electron chi connectivity index (χ4n) is 1.35. The molecule has 0 saturated carbocycles. The Morgan fingerprint density at radius 2 is 2.07 bits per heavy atom. The Kier molecular flexibility index (Phi) is 2.88. The van der Waals surface area contributed by atoms with Crippen molar-refractivity contribution >= 4 is 11.6 Å². The average molecular weight is 220 g/mol. The van der Waals surface area contributed by atoms with Gasteiger partial charge >= 0.3 is 0 Å². The molecule has 0 saturated heterocycles. The summed E-state index contributed by atoms with van der Waals surface area (Å²) < 4.78 is 5.08. The lowest BCUT2D eigenvalue weighted by molar-refractivity contribution is 0.415. The monoisotopic (exact) mass is 219 g/mol. The summed E-state index contributed by atoms with van der Waals surface area (Å²) in [6.45, 7) is 0. The van der Waals surface area contributed by atoms with E-state index in [0.29, 0.717) is 5.02 Å². The van der Waals surface area contributed by atoms with E-state index >= 15 is 0 Å². The van der Waals surface area contributed by atoms with Gasteiger partial charge in [-0.25, -0.2) is 0 Å². The number of ether oxygens (including phenoxy) is 1. The van der Waals surface area contributed by atoms with Crippen molar-refractivity contribution < 1.29 is 4.74 Å². The van der Waals surface area contributed by atoms with Gasteiger partial charge in [0.15, 0.2) is 0 Å². The van der Waals surface area contributed by atoms with Gasteiger partial charge in [0, 0.05) is 11.8 Å². The molecular formula is C12H10ClNO. The quantitative estimate of drug-likeness (QED) is 0.772. The Balaban J connectivity index is 2.46. The van der Waals surface area contributed by atoms with Gasteiger partial charge in [-0.05, 0) is 30.3 Å². The molecule has 2 aromatic rings. The van der Waals surface area contributed by atoms with Gasteiger partial charge in [0.2, 0.25) is 0 Å². The molecule has 76 valence electrons. The third-order valence-corrected chi connectivity index (χ3v) is 2.43. The fraction of sp³-hybridized carbons (Fsp3) is 0.0833. The maximum atomic E-state index is 6.12. The van der Waals surface area contributed by atoms with Crippen LogP contribution in [0.3, 0.4) is 0 Å². The first-order chi connectivity index (χ1) is 7.31. The van der Waals surface area contributed by atoms with Gasteiger partial charge in [0.1, 0.15) is 5.75 Å². The first kappa shape index (κ1) is 9.99. The molecule has 0 amide bonds. The Morgan fingerprint density at radius 3 is 2.67 bits per heavy atom. The number of pyridine rings is 1. The molecule has 15 heavy (non-hydrogen) atoms. The van der Waals surface area contributed by atoms with Gasteiger partial charge in [-0.2, -0.15) is 0 Å². The number of hydrogen-bond donors (Lipinski definition) is 0. The first-order valence-electron chi connectivity index (χ1n) is 4.56. The van der Waals surface area contributed by atoms with Gasteiger partial charge in [0.05, 0.1) is 17.8 Å². The van der Waals surface area contributed by atoms with E-state index in [4.69, 9.17) is 16.3 Å². The Hall–Kier alpha value is -1.54. The number of methoxy groups -OCH3 is 1. The topological polar surface area (TPSA) is 22.1 Å². The molecule has 2 nitrogen and oxygen atoms in total. The zero-order chi connectivity index (χ0) is 10.7. The third kappa shape index (κ3) is 2.10. The largest absolute Gasteiger partial charge is 0.497 e. The van der Waals surface area contributed by atoms with Crippen LogP contribution in [-0.4, -0.2) is 12.1 Å². The smallest absolute Gasteiger partial charge is 0.120 e. The highest BCUT2D eigenvalue weighted by atomic mass is 35.5. The van der Waals surface area contributed by atoms with E-state index < -0.39 is 0 Å². The van der Waals surface area contributed by atoms with Crippen LogP contribution in [0.2, 0.25) is 5.02 Å². The van der Waals surface area contributed by atoms with Crippen molar-refractivity contribution in [3.63, 3.8) is 0 Å². The first-order valence-corrected chi connectivity index (χ1v) is 4.94. The second-order valence-corrected chi connectivity index (χ2v) is 3.47. The molecule has 0 radical (unpaired) electrons. The highest BCUT2D eigenvalue weighted by molar-refractivity contribution is 6.33. The predicted molar refractivity (Wildman–Crippen MR) is 61.2 cm³/mol. The van der Waals surface area contributed by atoms with Crippen LogP contribution in [0.5, 0.6) is 5.75 Å². The van der Waals surface area contributed by atoms with Crippen LogP contribution in [0.15, 0.2) is 42.6 Å². The lowest BCUT2D eigenvalue weighted by Crippen LogP contribution is -1.86. The Labute approximate surface area is 93.5 Å². The van der Waals surface area contributed by atoms with Crippen LogP contribution in [0.4, 0.5) is 0 Å². The van der Waals surface area contributed by atoms with Crippen molar-refractivity contribution in [1.82, 2.24) is 4.98 Å². The van der Waals surface area contributed by atoms with Gasteiger partial charge in [-0.15, -0.1) is 0 Å². The average Bonchev–Trinajstić information content (AvgIpc) is 2.30. The molecule has 1 aromatic carbocycles. The molecule has 0 atom stereocenters. The Bertz CT molecular complexity index is 456. The van der Waals surface area contributed by atoms with E-state index in [2.05, 4.69) is 4.98 Å². The van der Waals surface area contributed by atoms with Crippen molar-refractivity contribution in [2.24, 2.45) is 0 Å². The predicted octanol–water partition coefficient (Wildman–Crippen LogP) is 3.41. The van der Waals surface area contributed by atoms with Gasteiger partial charge in [-0.1, -0.05) is 17.7 Å². The summed E-state index contributed by atoms with van der Waals surface area (Å²) in [5.41, 5.74) is 1.78. The van der Waals surface area contributed by atoms with E-state index in [9.17, 15) is 0 Å². The molecule has 2 rings (SSSR count). The molecule has 1 heterocycles. The van der Waals surface area contributed by atoms with Crippen LogP contribution in [0.25, 0.3) is 11.3 Å². The van der Waals surface area contributed by atoms with Gasteiger partial charge in [0.25, 0.3) is 0 Å². The normalized spacial score (nSPS) is 10.0. The number of aromatic nitrogens is 1. The standard InChI is InChI=1S/C12H10ClNO/c1-15-9-5-6-10(11(13)8-9)12-4-2-3-7-14-12/h2-8H,1H3. The van der Waals surface area contributed by atoms with Crippen molar-refractivity contribution in [1.29, 1.82) is 0 Å². The second-order valence-electron chi connectivity index (χ2n) is 3.06. The lowest BCUT2D eigenvalue weighted by Gasteiger charge is -2.05. The highest BCUT2D eigenvalue weighted by Crippen LogP contribution is 2.29. The summed E-state index contributed by atoms with van der Waals surface area (Å²) in [4.78, 5) is 4.24. The van der Waals surface area contributed by atoms with Crippen LogP contribution in [0, 0.1) is 0 Å². The van der Waals surface area contributed by atoms with Crippen LogP contribution >= 0.6 is 11.6 Å². The number of rotatable bonds is 2. The molecule has 0 bridgehead atoms. The van der Waals surface area contributed by atoms with Crippen LogP contribution < -0.4 is 4.74 Å². The molecule has 0 spiro atoms. The molecule has 0 unspecified atom stereocenters. The van der Waals surface area contributed by atoms with E-state index in [1.807, 2.05) is 30.3 Å². The van der Waals surface area contributed by atoms with Crippen LogP contribution in [0.1, 0.15) is 0 Å². The maximum absolute atomic E-state index is 6.12. The molecule has 0 aliphatic heterocycles. The van der Waals surface area contributed by atoms with Gasteiger partial charge < -0.3 is 4.74 Å². The SMILES string of the molecule is COc1ccc(-c2ccccn2)c(Cl)c1. The minimum Gasteiger partial charge on any atom is -0.497 e. The molecule has 3 heteroatoms. The summed E-state index contributed by atoms with van der Waals surface area (Å²) >= 11 is 6.12. The highest BCUT2D eigenvalue weighted by Gasteiger charge is 2.04. The molecule has 0 N–H and O–H groups in total. The van der Waals surface area contributed by atoms with Crippen molar-refractivity contribution in [2.45, 2.75) is 0 Å². The van der Waals surface area contributed by atoms with E-state index in [0.717, 1.165) is 17.0 Å². The molecule has 1 aromatic heterocycles. The molecule has 0 fully saturated rings. The van der Waals surface area contributed by atoms with E-state index in [1.54, 1.807) is 19.4 Å². The minimum atomic E-state index is 0.646. The number of benzene rings is 1. The number of hydrogen-bond acceptors (Lipinski definition) is 2. The zero-order valence-corrected chi connectivity index (χ0v) is 9.03. The maximum Gasteiger partial charge on any atom is 0.120 e. The number of nitrogens with zero attached hydrogens (tertiary/aromatic N) is 1. The molecular weight excluding hydrogens is 210 g/mol. The minimum absolute atomic E-state index is 0.646. The molecule has 0 aliphatic carbocycles. The summed E-state index contributed by atoms with van der Waals surface area (Å²) in [6.07, 6.45) is 1.75. The zero-order valence-electron chi connectivity index (χ0n) is 8.27. The van der Waals surface area contributed by atoms with Crippen LogP contribution in [-0.2, 0) is 0 Å². The van der Waals surface area contributed by atoms with Crippen molar-refractivity contribution in [3.05, 3.63) is 47.6 Å². The summed E-state index contributed by atoms with van der Waals surface area (Å²) in [5, 5.41) is 0.646. The van der Waals surface area contributed by atoms with Crippen molar-refractivity contribution in [3.8, 4) is 17.0 Å². The summed E-state index contributed by atoms with van der Waals surface area (Å²) in [5.74, 6) is 0.750. The lowest BCUT2D eigenvalue weighted by atomic mass is 10.1. The fourth-order valence-corrected chi connectivity index (χ4v) is 1.62. The van der Waals surface area contributed by atoms with Gasteiger partial charge in [-0.3, -0.25) is 4.98 Å². The van der Waals surface area contributed by atoms with Crippen molar-refractivity contribution in [2.75, 3.05) is 7.11 Å². The van der Waals surface area contributed by atoms with E-state index in [1.165, 1.54) is 0 Å².